The number of carbonyl (C=O) groups excluding carboxylic acids is 1. The first-order chi connectivity index (χ1) is 12.1. The maximum atomic E-state index is 12.8. The summed E-state index contributed by atoms with van der Waals surface area (Å²) in [4.78, 5) is 17.0. The second kappa shape index (κ2) is 11.2. The molecule has 9 heteroatoms. The monoisotopic (exact) mass is 420 g/mol. The Morgan fingerprint density at radius 3 is 2.59 bits per heavy atom. The molecule has 1 N–H and O–H groups in total. The van der Waals surface area contributed by atoms with Crippen LogP contribution in [0.5, 0.6) is 0 Å². The van der Waals surface area contributed by atoms with Crippen LogP contribution in [0, 0.1) is 6.92 Å². The summed E-state index contributed by atoms with van der Waals surface area (Å²) in [5, 5.41) is 11.9. The van der Waals surface area contributed by atoms with Gasteiger partial charge < -0.3 is 15.1 Å². The molecule has 2 aliphatic rings. The quantitative estimate of drug-likeness (QED) is 0.791. The molecule has 1 atom stereocenters. The van der Waals surface area contributed by atoms with Crippen molar-refractivity contribution in [2.24, 2.45) is 0 Å². The predicted octanol–water partition coefficient (Wildman–Crippen LogP) is 2.30. The third kappa shape index (κ3) is 5.79. The second-order valence-electron chi connectivity index (χ2n) is 7.59. The van der Waals surface area contributed by atoms with E-state index in [4.69, 9.17) is 0 Å². The fourth-order valence-corrected chi connectivity index (χ4v) is 4.07. The molecule has 1 amide bonds. The highest BCUT2D eigenvalue weighted by atomic mass is 35.5. The Hall–Kier alpha value is -0.890. The Morgan fingerprint density at radius 1 is 1.22 bits per heavy atom. The maximum Gasteiger partial charge on any atom is 0.276 e. The van der Waals surface area contributed by atoms with Crippen LogP contribution < -0.4 is 5.32 Å². The van der Waals surface area contributed by atoms with Crippen LogP contribution >= 0.6 is 24.8 Å². The van der Waals surface area contributed by atoms with Crippen molar-refractivity contribution in [1.82, 2.24) is 30.1 Å². The molecule has 156 valence electrons. The van der Waals surface area contributed by atoms with Crippen LogP contribution in [0.4, 0.5) is 0 Å². The molecule has 2 fully saturated rings. The van der Waals surface area contributed by atoms with E-state index in [2.05, 4.69) is 27.6 Å². The number of nitrogens with zero attached hydrogens (tertiary/aromatic N) is 5. The average molecular weight is 421 g/mol. The number of piperidine rings is 2. The SMILES string of the molecule is Cc1c(C(=O)N(C)CCC2CCCCN2C)nnn1C1CCNCC1.Cl.Cl. The zero-order valence-electron chi connectivity index (χ0n) is 16.7. The van der Waals surface area contributed by atoms with E-state index in [-0.39, 0.29) is 30.7 Å². The van der Waals surface area contributed by atoms with Gasteiger partial charge in [0.25, 0.3) is 5.91 Å². The van der Waals surface area contributed by atoms with Gasteiger partial charge in [0.2, 0.25) is 0 Å². The molecule has 1 unspecified atom stereocenters. The molecule has 0 aliphatic carbocycles. The van der Waals surface area contributed by atoms with Crippen molar-refractivity contribution in [3.63, 3.8) is 0 Å². The zero-order valence-corrected chi connectivity index (χ0v) is 18.3. The van der Waals surface area contributed by atoms with Crippen molar-refractivity contribution >= 4 is 30.7 Å². The Labute approximate surface area is 175 Å². The molecular formula is C18H34Cl2N6O. The molecule has 3 heterocycles. The highest BCUT2D eigenvalue weighted by Crippen LogP contribution is 2.21. The van der Waals surface area contributed by atoms with E-state index in [0.29, 0.717) is 17.8 Å². The summed E-state index contributed by atoms with van der Waals surface area (Å²) in [6.07, 6.45) is 6.95. The zero-order chi connectivity index (χ0) is 17.8. The molecule has 1 aromatic rings. The molecule has 0 bridgehead atoms. The number of hydrogen-bond acceptors (Lipinski definition) is 5. The Kier molecular flexibility index (Phi) is 10.0. The first kappa shape index (κ1) is 24.1. The van der Waals surface area contributed by atoms with Gasteiger partial charge in [-0.05, 0) is 65.7 Å². The van der Waals surface area contributed by atoms with Crippen LogP contribution in [0.2, 0.25) is 0 Å². The van der Waals surface area contributed by atoms with Gasteiger partial charge in [-0.15, -0.1) is 29.9 Å². The van der Waals surface area contributed by atoms with Crippen LogP contribution in [-0.4, -0.2) is 77.0 Å². The van der Waals surface area contributed by atoms with Crippen molar-refractivity contribution in [3.8, 4) is 0 Å². The summed E-state index contributed by atoms with van der Waals surface area (Å²) in [7, 11) is 4.08. The molecule has 7 nitrogen and oxygen atoms in total. The van der Waals surface area contributed by atoms with Gasteiger partial charge in [-0.1, -0.05) is 11.6 Å². The number of hydrogen-bond donors (Lipinski definition) is 1. The van der Waals surface area contributed by atoms with Crippen molar-refractivity contribution in [3.05, 3.63) is 11.4 Å². The third-order valence-electron chi connectivity index (χ3n) is 5.85. The normalized spacial score (nSPS) is 21.2. The Morgan fingerprint density at radius 2 is 1.93 bits per heavy atom. The van der Waals surface area contributed by atoms with E-state index in [0.717, 1.165) is 44.6 Å². The standard InChI is InChI=1S/C18H32N6O.2ClH/c1-14-17(20-21-24(14)16-7-10-19-11-8-16)18(25)23(3)13-9-15-6-4-5-12-22(15)2;;/h15-16,19H,4-13H2,1-3H3;2*1H. The molecule has 0 aromatic carbocycles. The molecule has 3 rings (SSSR count). The van der Waals surface area contributed by atoms with Crippen LogP contribution in [-0.2, 0) is 0 Å². The predicted molar refractivity (Wildman–Crippen MR) is 112 cm³/mol. The van der Waals surface area contributed by atoms with E-state index in [1.165, 1.54) is 25.8 Å². The second-order valence-corrected chi connectivity index (χ2v) is 7.59. The van der Waals surface area contributed by atoms with Crippen molar-refractivity contribution < 1.29 is 4.79 Å². The molecule has 0 saturated carbocycles. The molecule has 1 aromatic heterocycles. The largest absolute Gasteiger partial charge is 0.340 e. The first-order valence-corrected chi connectivity index (χ1v) is 9.66. The summed E-state index contributed by atoms with van der Waals surface area (Å²) < 4.78 is 1.96. The average Bonchev–Trinajstić information content (AvgIpc) is 3.02. The van der Waals surface area contributed by atoms with Crippen molar-refractivity contribution in [2.75, 3.05) is 40.3 Å². The minimum atomic E-state index is -0.00357. The van der Waals surface area contributed by atoms with Gasteiger partial charge in [-0.3, -0.25) is 4.79 Å². The molecule has 0 radical (unpaired) electrons. The smallest absolute Gasteiger partial charge is 0.276 e. The number of likely N-dealkylation sites (tertiary alicyclic amines) is 1. The summed E-state index contributed by atoms with van der Waals surface area (Å²) in [6, 6.07) is 0.951. The fourth-order valence-electron chi connectivity index (χ4n) is 4.07. The van der Waals surface area contributed by atoms with Crippen LogP contribution in [0.25, 0.3) is 0 Å². The number of aromatic nitrogens is 3. The third-order valence-corrected chi connectivity index (χ3v) is 5.85. The fraction of sp³-hybridized carbons (Fsp3) is 0.833. The van der Waals surface area contributed by atoms with Gasteiger partial charge in [-0.25, -0.2) is 4.68 Å². The van der Waals surface area contributed by atoms with Crippen molar-refractivity contribution in [2.45, 2.75) is 57.5 Å². The minimum absolute atomic E-state index is 0. The van der Waals surface area contributed by atoms with E-state index >= 15 is 0 Å². The number of carbonyl (C=O) groups is 1. The van der Waals surface area contributed by atoms with Gasteiger partial charge >= 0.3 is 0 Å². The van der Waals surface area contributed by atoms with Crippen molar-refractivity contribution in [1.29, 1.82) is 0 Å². The van der Waals surface area contributed by atoms with Crippen LogP contribution in [0.1, 0.15) is 60.7 Å². The summed E-state index contributed by atoms with van der Waals surface area (Å²) >= 11 is 0. The van der Waals surface area contributed by atoms with Gasteiger partial charge in [0.05, 0.1) is 11.7 Å². The molecular weight excluding hydrogens is 387 g/mol. The van der Waals surface area contributed by atoms with E-state index in [1.807, 2.05) is 23.6 Å². The number of nitrogens with one attached hydrogen (secondary N) is 1. The number of rotatable bonds is 5. The van der Waals surface area contributed by atoms with Gasteiger partial charge in [0.1, 0.15) is 0 Å². The minimum Gasteiger partial charge on any atom is -0.340 e. The van der Waals surface area contributed by atoms with E-state index < -0.39 is 0 Å². The van der Waals surface area contributed by atoms with Gasteiger partial charge in [0.15, 0.2) is 5.69 Å². The summed E-state index contributed by atoms with van der Waals surface area (Å²) in [5.41, 5.74) is 1.41. The van der Waals surface area contributed by atoms with Gasteiger partial charge in [-0.2, -0.15) is 0 Å². The van der Waals surface area contributed by atoms with E-state index in [9.17, 15) is 4.79 Å². The lowest BCUT2D eigenvalue weighted by Gasteiger charge is -2.33. The molecule has 2 aliphatic heterocycles. The molecule has 27 heavy (non-hydrogen) atoms. The van der Waals surface area contributed by atoms with Crippen LogP contribution in [0.3, 0.4) is 0 Å². The Balaban J connectivity index is 0.00000182. The van der Waals surface area contributed by atoms with Gasteiger partial charge in [0, 0.05) is 19.6 Å². The van der Waals surface area contributed by atoms with E-state index in [1.54, 1.807) is 0 Å². The highest BCUT2D eigenvalue weighted by Gasteiger charge is 2.25. The highest BCUT2D eigenvalue weighted by molar-refractivity contribution is 5.93. The molecule has 2 saturated heterocycles. The van der Waals surface area contributed by atoms with Crippen LogP contribution in [0.15, 0.2) is 0 Å². The lowest BCUT2D eigenvalue weighted by atomic mass is 10.00. The summed E-state index contributed by atoms with van der Waals surface area (Å²) in [5.74, 6) is -0.00357. The number of amides is 1. The lowest BCUT2D eigenvalue weighted by molar-refractivity contribution is 0.0764. The molecule has 0 spiro atoms. The topological polar surface area (TPSA) is 66.3 Å². The number of halogens is 2. The maximum absolute atomic E-state index is 12.8. The summed E-state index contributed by atoms with van der Waals surface area (Å²) in [6.45, 7) is 5.92. The lowest BCUT2D eigenvalue weighted by Crippen LogP contribution is -2.39. The Bertz CT molecular complexity index is 590. The first-order valence-electron chi connectivity index (χ1n) is 9.66.